The van der Waals surface area contributed by atoms with Crippen molar-refractivity contribution >= 4 is 26.9 Å². The van der Waals surface area contributed by atoms with Crippen LogP contribution < -0.4 is 0 Å². The minimum Gasteiger partial charge on any atom is -0.468 e. The zero-order chi connectivity index (χ0) is 29.4. The Morgan fingerprint density at radius 1 is 0.951 bits per heavy atom. The number of benzene rings is 2. The second-order valence-electron chi connectivity index (χ2n) is 10.7. The van der Waals surface area contributed by atoms with Crippen molar-refractivity contribution in [2.24, 2.45) is 5.92 Å². The van der Waals surface area contributed by atoms with Crippen molar-refractivity contribution < 1.29 is 36.9 Å². The molecule has 0 amide bonds. The zero-order valence-electron chi connectivity index (χ0n) is 24.1. The molecule has 0 radical (unpaired) electrons. The van der Waals surface area contributed by atoms with Gasteiger partial charge in [0.15, 0.2) is 12.1 Å². The lowest BCUT2D eigenvalue weighted by atomic mass is 9.58. The number of piperidine rings is 2. The maximum Gasteiger partial charge on any atom is 0.319 e. The van der Waals surface area contributed by atoms with Crippen LogP contribution in [0.15, 0.2) is 65.6 Å². The number of methoxy groups -OCH3 is 5. The number of hydrogen-bond acceptors (Lipinski definition) is 9. The number of carbonyl (C=O) groups is 1. The van der Waals surface area contributed by atoms with E-state index in [-0.39, 0.29) is 17.2 Å². The van der Waals surface area contributed by atoms with E-state index >= 15 is 0 Å². The minimum atomic E-state index is -4.10. The van der Waals surface area contributed by atoms with Gasteiger partial charge in [-0.3, -0.25) is 9.69 Å². The SMILES string of the molecule is COC(=O)[C@]1(c2cc3ccccc3n2S(=O)(=O)c2ccccc2)C[C@H]2CN(CCC(OC)OC)[C@@H]1CC2(OC)OC. The van der Waals surface area contributed by atoms with Gasteiger partial charge < -0.3 is 23.7 Å². The number of esters is 1. The van der Waals surface area contributed by atoms with E-state index < -0.39 is 39.5 Å². The Morgan fingerprint density at radius 3 is 2.22 bits per heavy atom. The number of carbonyl (C=O) groups excluding carboxylic acids is 1. The molecule has 10 nitrogen and oxygen atoms in total. The first-order valence-corrected chi connectivity index (χ1v) is 15.1. The Hall–Kier alpha value is -2.80. The molecule has 1 aliphatic carbocycles. The molecular formula is C30H38N2O8S. The van der Waals surface area contributed by atoms with Crippen LogP contribution in [-0.2, 0) is 43.9 Å². The molecule has 0 unspecified atom stereocenters. The van der Waals surface area contributed by atoms with Gasteiger partial charge in [-0.25, -0.2) is 12.4 Å². The lowest BCUT2D eigenvalue weighted by Crippen LogP contribution is -2.72. The normalized spacial score (nSPS) is 24.2. The second-order valence-corrected chi connectivity index (χ2v) is 12.4. The molecule has 222 valence electrons. The van der Waals surface area contributed by atoms with Crippen molar-refractivity contribution in [3.8, 4) is 0 Å². The summed E-state index contributed by atoms with van der Waals surface area (Å²) in [7, 11) is 3.64. The van der Waals surface area contributed by atoms with E-state index in [0.29, 0.717) is 42.5 Å². The van der Waals surface area contributed by atoms with Crippen molar-refractivity contribution in [2.45, 2.75) is 47.7 Å². The highest BCUT2D eigenvalue weighted by Crippen LogP contribution is 2.55. The van der Waals surface area contributed by atoms with Crippen LogP contribution in [0, 0.1) is 5.92 Å². The fraction of sp³-hybridized carbons (Fsp3) is 0.500. The molecule has 1 aromatic heterocycles. The summed E-state index contributed by atoms with van der Waals surface area (Å²) in [5.74, 6) is -1.70. The molecule has 2 aromatic carbocycles. The van der Waals surface area contributed by atoms with Crippen molar-refractivity contribution in [1.29, 1.82) is 0 Å². The van der Waals surface area contributed by atoms with E-state index in [0.717, 1.165) is 0 Å². The molecule has 1 saturated carbocycles. The summed E-state index contributed by atoms with van der Waals surface area (Å²) in [6.45, 7) is 1.12. The zero-order valence-corrected chi connectivity index (χ0v) is 24.9. The third-order valence-electron chi connectivity index (χ3n) is 8.96. The predicted octanol–water partition coefficient (Wildman–Crippen LogP) is 3.38. The molecular weight excluding hydrogens is 548 g/mol. The van der Waals surface area contributed by atoms with Gasteiger partial charge in [-0.1, -0.05) is 36.4 Å². The standard InChI is InChI=1S/C30H38N2O8S/c1-36-27(37-2)15-16-31-20-22-18-29(28(33)38-3,26(31)19-30(22,39-4)40-5)25-17-21-11-9-10-14-24(21)32(25)41(34,35)23-12-7-6-8-13-23/h6-14,17,22,26-27H,15-16,18-20H2,1-5H3/t22-,26+,29-/m0/s1. The Kier molecular flexibility index (Phi) is 8.30. The Labute approximate surface area is 241 Å². The molecule has 6 rings (SSSR count). The van der Waals surface area contributed by atoms with E-state index in [9.17, 15) is 13.2 Å². The predicted molar refractivity (Wildman–Crippen MR) is 152 cm³/mol. The number of nitrogens with zero attached hydrogens (tertiary/aromatic N) is 2. The third kappa shape index (κ3) is 4.68. The molecule has 2 saturated heterocycles. The van der Waals surface area contributed by atoms with Gasteiger partial charge in [0.2, 0.25) is 0 Å². The van der Waals surface area contributed by atoms with Crippen molar-refractivity contribution in [2.75, 3.05) is 48.6 Å². The van der Waals surface area contributed by atoms with Gasteiger partial charge in [-0.15, -0.1) is 0 Å². The maximum atomic E-state index is 14.4. The summed E-state index contributed by atoms with van der Waals surface area (Å²) in [5, 5.41) is 0.710. The number of aromatic nitrogens is 1. The van der Waals surface area contributed by atoms with Gasteiger partial charge in [0, 0.05) is 71.7 Å². The summed E-state index contributed by atoms with van der Waals surface area (Å²) in [5.41, 5.74) is -0.481. The monoisotopic (exact) mass is 586 g/mol. The highest BCUT2D eigenvalue weighted by atomic mass is 32.2. The topological polar surface area (TPSA) is 106 Å². The summed E-state index contributed by atoms with van der Waals surface area (Å²) >= 11 is 0. The Balaban J connectivity index is 1.75. The Bertz CT molecular complexity index is 1480. The van der Waals surface area contributed by atoms with Crippen LogP contribution in [0.2, 0.25) is 0 Å². The number of hydrogen-bond donors (Lipinski definition) is 0. The molecule has 3 aromatic rings. The maximum absolute atomic E-state index is 14.4. The van der Waals surface area contributed by atoms with Crippen molar-refractivity contribution in [3.05, 3.63) is 66.4 Å². The van der Waals surface area contributed by atoms with E-state index in [4.69, 9.17) is 23.7 Å². The van der Waals surface area contributed by atoms with Gasteiger partial charge in [-0.2, -0.15) is 0 Å². The van der Waals surface area contributed by atoms with Gasteiger partial charge >= 0.3 is 5.97 Å². The van der Waals surface area contributed by atoms with Gasteiger partial charge in [0.05, 0.1) is 23.2 Å². The van der Waals surface area contributed by atoms with Crippen LogP contribution in [0.25, 0.3) is 10.9 Å². The highest BCUT2D eigenvalue weighted by Gasteiger charge is 2.66. The molecule has 0 N–H and O–H groups in total. The van der Waals surface area contributed by atoms with E-state index in [1.165, 1.54) is 11.1 Å². The van der Waals surface area contributed by atoms with Crippen LogP contribution in [-0.4, -0.2) is 90.0 Å². The average Bonchev–Trinajstić information content (AvgIpc) is 3.42. The first kappa shape index (κ1) is 29.7. The van der Waals surface area contributed by atoms with Crippen LogP contribution >= 0.6 is 0 Å². The number of rotatable bonds is 11. The summed E-state index contributed by atoms with van der Waals surface area (Å²) in [4.78, 5) is 16.5. The molecule has 3 fully saturated rings. The Morgan fingerprint density at radius 2 is 1.61 bits per heavy atom. The molecule has 3 atom stereocenters. The van der Waals surface area contributed by atoms with Crippen molar-refractivity contribution in [1.82, 2.24) is 8.87 Å². The van der Waals surface area contributed by atoms with E-state index in [1.807, 2.05) is 18.2 Å². The molecule has 3 heterocycles. The van der Waals surface area contributed by atoms with E-state index in [2.05, 4.69) is 4.90 Å². The molecule has 11 heteroatoms. The lowest BCUT2D eigenvalue weighted by Gasteiger charge is -2.61. The summed E-state index contributed by atoms with van der Waals surface area (Å²) in [6.07, 6.45) is 0.729. The smallest absolute Gasteiger partial charge is 0.319 e. The van der Waals surface area contributed by atoms with Gasteiger partial charge in [-0.05, 0) is 30.7 Å². The largest absolute Gasteiger partial charge is 0.468 e. The second kappa shape index (κ2) is 11.5. The molecule has 0 spiro atoms. The first-order chi connectivity index (χ1) is 19.7. The molecule has 2 bridgehead atoms. The van der Waals surface area contributed by atoms with Crippen LogP contribution in [0.1, 0.15) is 25.0 Å². The quantitative estimate of drug-likeness (QED) is 0.247. The van der Waals surface area contributed by atoms with Crippen LogP contribution in [0.3, 0.4) is 0 Å². The number of fused-ring (bicyclic) bond motifs is 4. The van der Waals surface area contributed by atoms with Gasteiger partial charge in [0.1, 0.15) is 5.41 Å². The third-order valence-corrected chi connectivity index (χ3v) is 10.7. The lowest BCUT2D eigenvalue weighted by molar-refractivity contribution is -0.297. The van der Waals surface area contributed by atoms with Crippen LogP contribution in [0.5, 0.6) is 0 Å². The highest BCUT2D eigenvalue weighted by molar-refractivity contribution is 7.90. The number of ether oxygens (including phenoxy) is 5. The molecule has 41 heavy (non-hydrogen) atoms. The van der Waals surface area contributed by atoms with Crippen LogP contribution in [0.4, 0.5) is 0 Å². The minimum absolute atomic E-state index is 0.131. The fourth-order valence-corrected chi connectivity index (χ4v) is 8.57. The van der Waals surface area contributed by atoms with E-state index in [1.54, 1.807) is 70.9 Å². The number of para-hydroxylation sites is 1. The van der Waals surface area contributed by atoms with Gasteiger partial charge in [0.25, 0.3) is 10.0 Å². The summed E-state index contributed by atoms with van der Waals surface area (Å²) in [6, 6.07) is 16.8. The average molecular weight is 587 g/mol. The first-order valence-electron chi connectivity index (χ1n) is 13.6. The molecule has 2 aliphatic heterocycles. The summed E-state index contributed by atoms with van der Waals surface area (Å²) < 4.78 is 58.4. The van der Waals surface area contributed by atoms with Crippen molar-refractivity contribution in [3.63, 3.8) is 0 Å². The fourth-order valence-electron chi connectivity index (χ4n) is 6.96. The molecule has 3 aliphatic rings.